The van der Waals surface area contributed by atoms with Crippen LogP contribution in [0, 0.1) is 0 Å². The highest BCUT2D eigenvalue weighted by atomic mass is 35.5. The molecule has 24 heavy (non-hydrogen) atoms. The molecule has 3 rings (SSSR count). The number of rotatable bonds is 5. The number of halogens is 1. The first-order valence-electron chi connectivity index (χ1n) is 7.31. The molecule has 1 amide bonds. The number of aromatic amines is 1. The molecule has 0 aliphatic carbocycles. The third-order valence-corrected chi connectivity index (χ3v) is 3.88. The van der Waals surface area contributed by atoms with Crippen LogP contribution < -0.4 is 5.32 Å². The van der Waals surface area contributed by atoms with Crippen molar-refractivity contribution in [1.29, 1.82) is 0 Å². The van der Waals surface area contributed by atoms with Crippen LogP contribution in [0.4, 0.5) is 0 Å². The second kappa shape index (κ2) is 6.51. The quantitative estimate of drug-likeness (QED) is 0.663. The molecule has 0 bridgehead atoms. The summed E-state index contributed by atoms with van der Waals surface area (Å²) in [5.41, 5.74) is 0.377. The average molecular weight is 346 g/mol. The van der Waals surface area contributed by atoms with E-state index in [0.29, 0.717) is 22.0 Å². The van der Waals surface area contributed by atoms with Crippen molar-refractivity contribution >= 4 is 17.5 Å². The number of H-pyrrole nitrogens is 1. The van der Waals surface area contributed by atoms with Crippen LogP contribution in [-0.4, -0.2) is 27.8 Å². The predicted octanol–water partition coefficient (Wildman–Crippen LogP) is 2.96. The molecule has 7 heteroatoms. The van der Waals surface area contributed by atoms with Gasteiger partial charge in [-0.15, -0.1) is 0 Å². The molecule has 0 aliphatic heterocycles. The number of hydrogen-bond donors (Lipinski definition) is 3. The number of furan rings is 1. The zero-order valence-electron chi connectivity index (χ0n) is 12.9. The van der Waals surface area contributed by atoms with Crippen molar-refractivity contribution in [2.45, 2.75) is 12.5 Å². The van der Waals surface area contributed by atoms with E-state index >= 15 is 0 Å². The molecule has 3 N–H and O–H groups in total. The van der Waals surface area contributed by atoms with E-state index in [1.807, 2.05) is 6.07 Å². The van der Waals surface area contributed by atoms with Crippen LogP contribution in [0.5, 0.6) is 0 Å². The minimum absolute atomic E-state index is 0.000484. The summed E-state index contributed by atoms with van der Waals surface area (Å²) in [6.45, 7) is 1.57. The molecule has 1 atom stereocenters. The van der Waals surface area contributed by atoms with E-state index in [9.17, 15) is 9.90 Å². The summed E-state index contributed by atoms with van der Waals surface area (Å²) in [5.74, 6) is 0.0237. The zero-order valence-corrected chi connectivity index (χ0v) is 13.7. The fourth-order valence-electron chi connectivity index (χ4n) is 2.34. The van der Waals surface area contributed by atoms with Gasteiger partial charge in [0.25, 0.3) is 5.91 Å². The molecule has 6 nitrogen and oxygen atoms in total. The van der Waals surface area contributed by atoms with Gasteiger partial charge in [0.05, 0.1) is 30.3 Å². The summed E-state index contributed by atoms with van der Waals surface area (Å²) in [7, 11) is 0. The third-order valence-electron chi connectivity index (χ3n) is 3.64. The van der Waals surface area contributed by atoms with E-state index in [2.05, 4.69) is 15.5 Å². The van der Waals surface area contributed by atoms with Gasteiger partial charge in [0.1, 0.15) is 11.4 Å². The number of amides is 1. The molecule has 2 heterocycles. The molecule has 0 radical (unpaired) electrons. The number of aliphatic hydroxyl groups is 1. The molecule has 0 saturated carbocycles. The van der Waals surface area contributed by atoms with E-state index < -0.39 is 5.60 Å². The number of nitrogens with one attached hydrogen (secondary N) is 2. The van der Waals surface area contributed by atoms with Gasteiger partial charge in [0, 0.05) is 10.6 Å². The Hall–Kier alpha value is -2.57. The van der Waals surface area contributed by atoms with Crippen molar-refractivity contribution in [2.24, 2.45) is 0 Å². The largest absolute Gasteiger partial charge is 0.466 e. The Morgan fingerprint density at radius 3 is 2.96 bits per heavy atom. The maximum Gasteiger partial charge on any atom is 0.255 e. The van der Waals surface area contributed by atoms with Gasteiger partial charge in [0.15, 0.2) is 0 Å². The zero-order chi connectivity index (χ0) is 17.2. The Morgan fingerprint density at radius 2 is 2.25 bits per heavy atom. The Balaban J connectivity index is 1.76. The van der Waals surface area contributed by atoms with Crippen LogP contribution in [0.25, 0.3) is 11.3 Å². The van der Waals surface area contributed by atoms with Gasteiger partial charge in [-0.05, 0) is 31.2 Å². The van der Waals surface area contributed by atoms with Crippen LogP contribution in [0.3, 0.4) is 0 Å². The van der Waals surface area contributed by atoms with Crippen LogP contribution in [0.1, 0.15) is 23.0 Å². The molecule has 2 aromatic heterocycles. The van der Waals surface area contributed by atoms with E-state index in [0.717, 1.165) is 5.56 Å². The van der Waals surface area contributed by atoms with Crippen molar-refractivity contribution < 1.29 is 14.3 Å². The number of benzene rings is 1. The van der Waals surface area contributed by atoms with Gasteiger partial charge in [-0.25, -0.2) is 0 Å². The standard InChI is InChI=1S/C17H16ClN3O3/c1-17(23,14-6-3-7-24-14)10-19-16(22)13-9-20-21-15(13)11-4-2-5-12(18)8-11/h2-9,23H,10H2,1H3,(H,19,22)(H,20,21). The van der Waals surface area contributed by atoms with Gasteiger partial charge < -0.3 is 14.8 Å². The van der Waals surface area contributed by atoms with E-state index in [1.54, 1.807) is 37.3 Å². The fraction of sp³-hybridized carbons (Fsp3) is 0.176. The number of carbonyl (C=O) groups excluding carboxylic acids is 1. The molecular weight excluding hydrogens is 330 g/mol. The Labute approximate surface area is 143 Å². The summed E-state index contributed by atoms with van der Waals surface area (Å²) in [5, 5.41) is 20.4. The van der Waals surface area contributed by atoms with Gasteiger partial charge in [-0.1, -0.05) is 23.7 Å². The molecule has 0 spiro atoms. The molecule has 1 unspecified atom stereocenters. The first-order chi connectivity index (χ1) is 11.5. The summed E-state index contributed by atoms with van der Waals surface area (Å²) in [6.07, 6.45) is 2.91. The van der Waals surface area contributed by atoms with Crippen molar-refractivity contribution in [1.82, 2.24) is 15.5 Å². The fourth-order valence-corrected chi connectivity index (χ4v) is 2.53. The summed E-state index contributed by atoms with van der Waals surface area (Å²) in [4.78, 5) is 12.5. The minimum Gasteiger partial charge on any atom is -0.466 e. The second-order valence-electron chi connectivity index (χ2n) is 5.60. The minimum atomic E-state index is -1.31. The molecule has 124 valence electrons. The molecule has 0 saturated heterocycles. The highest BCUT2D eigenvalue weighted by molar-refractivity contribution is 6.30. The number of hydrogen-bond acceptors (Lipinski definition) is 4. The van der Waals surface area contributed by atoms with Crippen molar-refractivity contribution in [3.05, 3.63) is 65.2 Å². The highest BCUT2D eigenvalue weighted by Crippen LogP contribution is 2.24. The normalized spacial score (nSPS) is 13.5. The first-order valence-corrected chi connectivity index (χ1v) is 7.69. The topological polar surface area (TPSA) is 91.1 Å². The smallest absolute Gasteiger partial charge is 0.255 e. The number of carbonyl (C=O) groups is 1. The maximum absolute atomic E-state index is 12.5. The highest BCUT2D eigenvalue weighted by Gasteiger charge is 2.27. The monoisotopic (exact) mass is 345 g/mol. The second-order valence-corrected chi connectivity index (χ2v) is 6.04. The van der Waals surface area contributed by atoms with Crippen LogP contribution >= 0.6 is 11.6 Å². The molecule has 0 fully saturated rings. The van der Waals surface area contributed by atoms with E-state index in [4.69, 9.17) is 16.0 Å². The number of aromatic nitrogens is 2. The molecule has 0 aliphatic rings. The van der Waals surface area contributed by atoms with Crippen molar-refractivity contribution in [3.8, 4) is 11.3 Å². The number of nitrogens with zero attached hydrogens (tertiary/aromatic N) is 1. The SMILES string of the molecule is CC(O)(CNC(=O)c1cn[nH]c1-c1cccc(Cl)c1)c1ccco1. The molecule has 3 aromatic rings. The van der Waals surface area contributed by atoms with E-state index in [1.165, 1.54) is 12.5 Å². The van der Waals surface area contributed by atoms with Crippen molar-refractivity contribution in [3.63, 3.8) is 0 Å². The lowest BCUT2D eigenvalue weighted by atomic mass is 10.0. The van der Waals surface area contributed by atoms with Crippen molar-refractivity contribution in [2.75, 3.05) is 6.54 Å². The lowest BCUT2D eigenvalue weighted by molar-refractivity contribution is 0.0330. The lowest BCUT2D eigenvalue weighted by Gasteiger charge is -2.21. The average Bonchev–Trinajstić information content (AvgIpc) is 3.24. The van der Waals surface area contributed by atoms with Crippen LogP contribution in [0.2, 0.25) is 5.02 Å². The first kappa shape index (κ1) is 16.3. The van der Waals surface area contributed by atoms with Gasteiger partial charge in [-0.3, -0.25) is 9.89 Å². The Kier molecular flexibility index (Phi) is 4.42. The predicted molar refractivity (Wildman–Crippen MR) is 89.6 cm³/mol. The van der Waals surface area contributed by atoms with E-state index in [-0.39, 0.29) is 12.5 Å². The Bertz CT molecular complexity index is 840. The molecular formula is C17H16ClN3O3. The maximum atomic E-state index is 12.5. The Morgan fingerprint density at radius 1 is 1.42 bits per heavy atom. The third kappa shape index (κ3) is 3.34. The lowest BCUT2D eigenvalue weighted by Crippen LogP contribution is -2.38. The van der Waals surface area contributed by atoms with Gasteiger partial charge >= 0.3 is 0 Å². The van der Waals surface area contributed by atoms with Crippen LogP contribution in [0.15, 0.2) is 53.3 Å². The summed E-state index contributed by atoms with van der Waals surface area (Å²) >= 11 is 5.99. The summed E-state index contributed by atoms with van der Waals surface area (Å²) in [6, 6.07) is 10.4. The van der Waals surface area contributed by atoms with Gasteiger partial charge in [0.2, 0.25) is 0 Å². The summed E-state index contributed by atoms with van der Waals surface area (Å²) < 4.78 is 5.19. The van der Waals surface area contributed by atoms with Gasteiger partial charge in [-0.2, -0.15) is 5.10 Å². The van der Waals surface area contributed by atoms with Crippen LogP contribution in [-0.2, 0) is 5.60 Å². The molecule has 1 aromatic carbocycles.